The number of nitrogens with zero attached hydrogens (tertiary/aromatic N) is 1. The van der Waals surface area contributed by atoms with Crippen LogP contribution < -0.4 is 10.9 Å². The molecule has 0 aliphatic heterocycles. The molecule has 4 heteroatoms. The summed E-state index contributed by atoms with van der Waals surface area (Å²) >= 11 is 0. The molecule has 18 heavy (non-hydrogen) atoms. The van der Waals surface area contributed by atoms with Gasteiger partial charge >= 0.3 is 0 Å². The highest BCUT2D eigenvalue weighted by Gasteiger charge is 2.20. The highest BCUT2D eigenvalue weighted by Crippen LogP contribution is 2.27. The van der Waals surface area contributed by atoms with E-state index in [9.17, 15) is 4.79 Å². The van der Waals surface area contributed by atoms with Crippen molar-refractivity contribution in [3.05, 3.63) is 28.7 Å². The molecule has 1 aliphatic carbocycles. The molecule has 1 aromatic heterocycles. The van der Waals surface area contributed by atoms with Crippen LogP contribution in [0, 0.1) is 5.92 Å². The first kappa shape index (κ1) is 13.1. The molecule has 0 spiro atoms. The molecule has 1 N–H and O–H groups in total. The minimum atomic E-state index is 0.0254. The van der Waals surface area contributed by atoms with Gasteiger partial charge in [-0.2, -0.15) is 0 Å². The van der Waals surface area contributed by atoms with Crippen LogP contribution in [0.2, 0.25) is 0 Å². The molecule has 1 heterocycles. The van der Waals surface area contributed by atoms with Crippen molar-refractivity contribution in [1.29, 1.82) is 0 Å². The zero-order valence-electron chi connectivity index (χ0n) is 11.2. The first-order valence-electron chi connectivity index (χ1n) is 6.65. The maximum atomic E-state index is 11.6. The van der Waals surface area contributed by atoms with Gasteiger partial charge in [0.25, 0.3) is 5.56 Å². The second-order valence-electron chi connectivity index (χ2n) is 5.20. The van der Waals surface area contributed by atoms with E-state index < -0.39 is 0 Å². The molecule has 0 bridgehead atoms. The lowest BCUT2D eigenvalue weighted by molar-refractivity contribution is 0.186. The number of nitrogens with one attached hydrogen (secondary N) is 1. The summed E-state index contributed by atoms with van der Waals surface area (Å²) in [5, 5.41) is 3.51. The summed E-state index contributed by atoms with van der Waals surface area (Å²) in [4.78, 5) is 11.6. The summed E-state index contributed by atoms with van der Waals surface area (Å²) in [6.07, 6.45) is 5.63. The van der Waals surface area contributed by atoms with Crippen LogP contribution in [0.1, 0.15) is 26.2 Å². The first-order chi connectivity index (χ1) is 8.69. The SMILES string of the molecule is COCCn1cc(NC2CCC(C)C2)ccc1=O. The fraction of sp³-hybridized carbons (Fsp3) is 0.643. The van der Waals surface area contributed by atoms with Gasteiger partial charge < -0.3 is 14.6 Å². The molecule has 2 atom stereocenters. The molecule has 1 saturated carbocycles. The van der Waals surface area contributed by atoms with E-state index in [-0.39, 0.29) is 5.56 Å². The fourth-order valence-corrected chi connectivity index (χ4v) is 2.56. The highest BCUT2D eigenvalue weighted by atomic mass is 16.5. The van der Waals surface area contributed by atoms with Gasteiger partial charge in [0.2, 0.25) is 0 Å². The second-order valence-corrected chi connectivity index (χ2v) is 5.20. The number of pyridine rings is 1. The first-order valence-corrected chi connectivity index (χ1v) is 6.65. The lowest BCUT2D eigenvalue weighted by Gasteiger charge is -2.15. The van der Waals surface area contributed by atoms with Crippen molar-refractivity contribution >= 4 is 5.69 Å². The van der Waals surface area contributed by atoms with Crippen LogP contribution in [0.15, 0.2) is 23.1 Å². The molecule has 2 rings (SSSR count). The van der Waals surface area contributed by atoms with Crippen molar-refractivity contribution in [3.8, 4) is 0 Å². The van der Waals surface area contributed by atoms with Gasteiger partial charge in [-0.05, 0) is 31.2 Å². The quantitative estimate of drug-likeness (QED) is 0.870. The van der Waals surface area contributed by atoms with Crippen LogP contribution in [-0.4, -0.2) is 24.3 Å². The molecule has 1 fully saturated rings. The summed E-state index contributed by atoms with van der Waals surface area (Å²) in [7, 11) is 1.65. The lowest BCUT2D eigenvalue weighted by Crippen LogP contribution is -2.23. The Morgan fingerprint density at radius 1 is 1.44 bits per heavy atom. The summed E-state index contributed by atoms with van der Waals surface area (Å²) in [6, 6.07) is 4.04. The molecule has 0 radical (unpaired) electrons. The van der Waals surface area contributed by atoms with Crippen LogP contribution in [0.25, 0.3) is 0 Å². The Hall–Kier alpha value is -1.29. The monoisotopic (exact) mass is 250 g/mol. The Kier molecular flexibility index (Phi) is 4.42. The van der Waals surface area contributed by atoms with Gasteiger partial charge in [0.15, 0.2) is 0 Å². The van der Waals surface area contributed by atoms with Crippen LogP contribution in [0.3, 0.4) is 0 Å². The van der Waals surface area contributed by atoms with E-state index in [4.69, 9.17) is 4.74 Å². The van der Waals surface area contributed by atoms with E-state index in [0.29, 0.717) is 19.2 Å². The van der Waals surface area contributed by atoms with Crippen LogP contribution >= 0.6 is 0 Å². The maximum absolute atomic E-state index is 11.6. The number of aromatic nitrogens is 1. The maximum Gasteiger partial charge on any atom is 0.250 e. The minimum absolute atomic E-state index is 0.0254. The third-order valence-corrected chi connectivity index (χ3v) is 3.59. The molecule has 1 aromatic rings. The molecule has 100 valence electrons. The number of methoxy groups -OCH3 is 1. The van der Waals surface area contributed by atoms with E-state index >= 15 is 0 Å². The van der Waals surface area contributed by atoms with Crippen molar-refractivity contribution in [2.75, 3.05) is 19.0 Å². The summed E-state index contributed by atoms with van der Waals surface area (Å²) in [6.45, 7) is 3.46. The number of ether oxygens (including phenoxy) is 1. The van der Waals surface area contributed by atoms with Crippen molar-refractivity contribution in [2.45, 2.75) is 38.8 Å². The van der Waals surface area contributed by atoms with E-state index in [1.54, 1.807) is 17.7 Å². The predicted octanol–water partition coefficient (Wildman–Crippen LogP) is 2.10. The van der Waals surface area contributed by atoms with Crippen molar-refractivity contribution < 1.29 is 4.74 Å². The van der Waals surface area contributed by atoms with Crippen LogP contribution in [0.4, 0.5) is 5.69 Å². The van der Waals surface area contributed by atoms with Gasteiger partial charge in [-0.3, -0.25) is 4.79 Å². The third-order valence-electron chi connectivity index (χ3n) is 3.59. The molecule has 2 unspecified atom stereocenters. The van der Waals surface area contributed by atoms with Gasteiger partial charge in [0.05, 0.1) is 12.3 Å². The van der Waals surface area contributed by atoms with Gasteiger partial charge in [-0.1, -0.05) is 6.92 Å². The topological polar surface area (TPSA) is 43.3 Å². The Bertz CT molecular complexity index is 442. The van der Waals surface area contributed by atoms with Gasteiger partial charge in [0.1, 0.15) is 0 Å². The Balaban J connectivity index is 2.02. The molecule has 0 aromatic carbocycles. The molecule has 4 nitrogen and oxygen atoms in total. The van der Waals surface area contributed by atoms with E-state index in [1.165, 1.54) is 19.3 Å². The smallest absolute Gasteiger partial charge is 0.250 e. The van der Waals surface area contributed by atoms with Crippen LogP contribution in [-0.2, 0) is 11.3 Å². The zero-order chi connectivity index (χ0) is 13.0. The Labute approximate surface area is 108 Å². The molecule has 0 amide bonds. The van der Waals surface area contributed by atoms with Crippen LogP contribution in [0.5, 0.6) is 0 Å². The molecule has 0 saturated heterocycles. The largest absolute Gasteiger partial charge is 0.383 e. The highest BCUT2D eigenvalue weighted by molar-refractivity contribution is 5.41. The summed E-state index contributed by atoms with van der Waals surface area (Å²) in [5.41, 5.74) is 1.06. The van der Waals surface area contributed by atoms with Gasteiger partial charge in [-0.25, -0.2) is 0 Å². The molecular weight excluding hydrogens is 228 g/mol. The third kappa shape index (κ3) is 3.35. The number of rotatable bonds is 5. The van der Waals surface area contributed by atoms with E-state index in [2.05, 4.69) is 12.2 Å². The number of hydrogen-bond donors (Lipinski definition) is 1. The van der Waals surface area contributed by atoms with Gasteiger partial charge in [0, 0.05) is 32.0 Å². The van der Waals surface area contributed by atoms with E-state index in [1.807, 2.05) is 12.3 Å². The average Bonchev–Trinajstić information content (AvgIpc) is 2.75. The van der Waals surface area contributed by atoms with Crippen molar-refractivity contribution in [1.82, 2.24) is 4.57 Å². The predicted molar refractivity (Wildman–Crippen MR) is 73.0 cm³/mol. The number of hydrogen-bond acceptors (Lipinski definition) is 3. The fourth-order valence-electron chi connectivity index (χ4n) is 2.56. The summed E-state index contributed by atoms with van der Waals surface area (Å²) in [5.74, 6) is 0.807. The minimum Gasteiger partial charge on any atom is -0.383 e. The Morgan fingerprint density at radius 3 is 2.94 bits per heavy atom. The molecular formula is C14H22N2O2. The average molecular weight is 250 g/mol. The lowest BCUT2D eigenvalue weighted by atomic mass is 10.1. The van der Waals surface area contributed by atoms with Gasteiger partial charge in [-0.15, -0.1) is 0 Å². The number of anilines is 1. The zero-order valence-corrected chi connectivity index (χ0v) is 11.2. The van der Waals surface area contributed by atoms with Crippen molar-refractivity contribution in [3.63, 3.8) is 0 Å². The molecule has 1 aliphatic rings. The van der Waals surface area contributed by atoms with Crippen molar-refractivity contribution in [2.24, 2.45) is 5.92 Å². The van der Waals surface area contributed by atoms with E-state index in [0.717, 1.165) is 11.6 Å². The normalized spacial score (nSPS) is 23.2. The second kappa shape index (κ2) is 6.05. The Morgan fingerprint density at radius 2 is 2.28 bits per heavy atom. The summed E-state index contributed by atoms with van der Waals surface area (Å²) < 4.78 is 6.71. The standard InChI is InChI=1S/C14H22N2O2/c1-11-3-4-12(9-11)15-13-5-6-14(17)16(10-13)7-8-18-2/h5-6,10-12,15H,3-4,7-9H2,1-2H3.